The molecule has 0 unspecified atom stereocenters. The molecule has 45 heavy (non-hydrogen) atoms. The maximum Gasteiger partial charge on any atom is 0.407 e. The lowest BCUT2D eigenvalue weighted by molar-refractivity contribution is -0.139. The minimum Gasteiger partial charge on any atom is -0.480 e. The molecule has 0 saturated carbocycles. The maximum atomic E-state index is 12.9. The Bertz CT molecular complexity index is 1600. The van der Waals surface area contributed by atoms with Crippen molar-refractivity contribution in [3.8, 4) is 11.1 Å². The summed E-state index contributed by atoms with van der Waals surface area (Å²) in [6.45, 7) is 0.135. The molecule has 0 heterocycles. The molecule has 6 rings (SSSR count). The largest absolute Gasteiger partial charge is 0.480 e. The number of aliphatic carboxylic acids is 1. The van der Waals surface area contributed by atoms with Crippen LogP contribution in [-0.4, -0.2) is 35.6 Å². The summed E-state index contributed by atoms with van der Waals surface area (Å²) in [5, 5.41) is 12.6. The molecule has 2 N–H and O–H groups in total. The van der Waals surface area contributed by atoms with Crippen LogP contribution in [0.3, 0.4) is 0 Å². The van der Waals surface area contributed by atoms with Crippen LogP contribution in [-0.2, 0) is 14.3 Å². The summed E-state index contributed by atoms with van der Waals surface area (Å²) in [6.07, 6.45) is 0.143. The van der Waals surface area contributed by atoms with Crippen molar-refractivity contribution in [2.75, 3.05) is 12.4 Å². The molecule has 0 bridgehead atoms. The number of carboxylic acid groups (broad SMARTS) is 1. The van der Waals surface area contributed by atoms with Gasteiger partial charge in [0.15, 0.2) is 0 Å². The molecule has 6 heteroatoms. The second kappa shape index (κ2) is 13.9. The van der Waals surface area contributed by atoms with Crippen molar-refractivity contribution >= 4 is 23.8 Å². The van der Waals surface area contributed by atoms with Gasteiger partial charge in [0.25, 0.3) is 0 Å². The summed E-state index contributed by atoms with van der Waals surface area (Å²) in [6, 6.07) is 46.4. The molecule has 0 radical (unpaired) electrons. The summed E-state index contributed by atoms with van der Waals surface area (Å²) < 4.78 is 5.15. The molecular weight excluding hydrogens is 578 g/mol. The maximum absolute atomic E-state index is 12.9. The summed E-state index contributed by atoms with van der Waals surface area (Å²) in [4.78, 5) is 25.1. The minimum atomic E-state index is -1.08. The number of ether oxygens (including phenoxy) is 1. The monoisotopic (exact) mass is 613 g/mol. The van der Waals surface area contributed by atoms with Gasteiger partial charge in [-0.05, 0) is 57.5 Å². The molecular formula is C39H35NO4S. The van der Waals surface area contributed by atoms with Crippen LogP contribution >= 0.6 is 11.8 Å². The van der Waals surface area contributed by atoms with Crippen molar-refractivity contribution in [1.29, 1.82) is 0 Å². The van der Waals surface area contributed by atoms with E-state index in [0.29, 0.717) is 12.2 Å². The molecule has 5 aromatic carbocycles. The average Bonchev–Trinajstić information content (AvgIpc) is 3.41. The second-order valence-corrected chi connectivity index (χ2v) is 12.4. The zero-order chi connectivity index (χ0) is 31.1. The summed E-state index contributed by atoms with van der Waals surface area (Å²) >= 11 is 1.78. The molecule has 1 amide bonds. The first kappa shape index (κ1) is 30.2. The highest BCUT2D eigenvalue weighted by Crippen LogP contribution is 2.49. The van der Waals surface area contributed by atoms with Crippen LogP contribution in [0.1, 0.15) is 46.6 Å². The lowest BCUT2D eigenvalue weighted by atomic mass is 9.84. The fraction of sp³-hybridized carbons (Fsp3) is 0.179. The van der Waals surface area contributed by atoms with E-state index in [1.807, 2.05) is 42.5 Å². The number of hydrogen-bond donors (Lipinski definition) is 2. The van der Waals surface area contributed by atoms with E-state index in [2.05, 4.69) is 102 Å². The van der Waals surface area contributed by atoms with Gasteiger partial charge in [-0.1, -0.05) is 140 Å². The van der Waals surface area contributed by atoms with E-state index in [-0.39, 0.29) is 18.9 Å². The summed E-state index contributed by atoms with van der Waals surface area (Å²) in [5.74, 6) is -0.492. The van der Waals surface area contributed by atoms with Crippen LogP contribution in [0.4, 0.5) is 4.79 Å². The van der Waals surface area contributed by atoms with Gasteiger partial charge in [-0.2, -0.15) is 0 Å². The van der Waals surface area contributed by atoms with Gasteiger partial charge in [-0.25, -0.2) is 9.59 Å². The highest BCUT2D eigenvalue weighted by Gasteiger charge is 2.37. The molecule has 0 aromatic heterocycles. The van der Waals surface area contributed by atoms with E-state index in [9.17, 15) is 14.7 Å². The number of fused-ring (bicyclic) bond motifs is 3. The third kappa shape index (κ3) is 6.38. The molecule has 1 atom stereocenters. The lowest BCUT2D eigenvalue weighted by Crippen LogP contribution is -2.41. The Hall–Kier alpha value is -4.81. The van der Waals surface area contributed by atoms with Crippen LogP contribution in [0, 0.1) is 0 Å². The van der Waals surface area contributed by atoms with Crippen molar-refractivity contribution < 1.29 is 19.4 Å². The van der Waals surface area contributed by atoms with E-state index in [4.69, 9.17) is 4.74 Å². The first-order chi connectivity index (χ1) is 22.1. The molecule has 0 aliphatic heterocycles. The Kier molecular flexibility index (Phi) is 9.32. The van der Waals surface area contributed by atoms with E-state index in [0.717, 1.165) is 38.9 Å². The van der Waals surface area contributed by atoms with Crippen molar-refractivity contribution in [2.45, 2.75) is 29.5 Å². The van der Waals surface area contributed by atoms with Gasteiger partial charge in [-0.15, -0.1) is 11.8 Å². The SMILES string of the molecule is O=C(N[C@H](CCCSC(c1ccccc1)(c1ccccc1)c1ccccc1)C(=O)O)OCC1c2ccccc2-c2ccccc21. The van der Waals surface area contributed by atoms with Crippen molar-refractivity contribution in [3.05, 3.63) is 167 Å². The normalized spacial score (nSPS) is 13.0. The number of amides is 1. The zero-order valence-corrected chi connectivity index (χ0v) is 25.7. The number of rotatable bonds is 12. The van der Waals surface area contributed by atoms with E-state index in [1.54, 1.807) is 11.8 Å². The predicted octanol–water partition coefficient (Wildman–Crippen LogP) is 8.48. The molecule has 0 spiro atoms. The third-order valence-electron chi connectivity index (χ3n) is 8.43. The smallest absolute Gasteiger partial charge is 0.407 e. The van der Waals surface area contributed by atoms with Crippen LogP contribution < -0.4 is 5.32 Å². The Balaban J connectivity index is 1.12. The van der Waals surface area contributed by atoms with Crippen molar-refractivity contribution in [2.24, 2.45) is 0 Å². The highest BCUT2D eigenvalue weighted by molar-refractivity contribution is 8.00. The van der Waals surface area contributed by atoms with Crippen LogP contribution in [0.25, 0.3) is 11.1 Å². The molecule has 226 valence electrons. The predicted molar refractivity (Wildman–Crippen MR) is 181 cm³/mol. The topological polar surface area (TPSA) is 75.6 Å². The van der Waals surface area contributed by atoms with Crippen LogP contribution in [0.15, 0.2) is 140 Å². The van der Waals surface area contributed by atoms with E-state index in [1.165, 1.54) is 0 Å². The first-order valence-electron chi connectivity index (χ1n) is 15.2. The van der Waals surface area contributed by atoms with Gasteiger partial charge >= 0.3 is 12.1 Å². The molecule has 0 saturated heterocycles. The van der Waals surface area contributed by atoms with Crippen molar-refractivity contribution in [1.82, 2.24) is 5.32 Å². The number of carbonyl (C=O) groups is 2. The first-order valence-corrected chi connectivity index (χ1v) is 16.2. The van der Waals surface area contributed by atoms with Gasteiger partial charge in [0, 0.05) is 5.92 Å². The summed E-state index contributed by atoms with van der Waals surface area (Å²) in [7, 11) is 0. The van der Waals surface area contributed by atoms with E-state index < -0.39 is 22.9 Å². The van der Waals surface area contributed by atoms with Gasteiger partial charge < -0.3 is 15.2 Å². The van der Waals surface area contributed by atoms with Crippen LogP contribution in [0.2, 0.25) is 0 Å². The lowest BCUT2D eigenvalue weighted by Gasteiger charge is -2.35. The quantitative estimate of drug-likeness (QED) is 0.109. The number of carbonyl (C=O) groups excluding carboxylic acids is 1. The average molecular weight is 614 g/mol. The summed E-state index contributed by atoms with van der Waals surface area (Å²) in [5.41, 5.74) is 7.95. The standard InChI is InChI=1S/C39H35NO4S/c41-37(42)36(40-38(43)44-27-35-33-23-12-10-21-31(33)32-22-11-13-24-34(32)35)25-14-26-45-39(28-15-4-1-5-16-28,29-17-6-2-7-18-29)30-19-8-3-9-20-30/h1-13,15-24,35-36H,14,25-27H2,(H,40,43)(H,41,42)/t36-/m1/s1. The molecule has 1 aliphatic rings. The van der Waals surface area contributed by atoms with E-state index >= 15 is 0 Å². The van der Waals surface area contributed by atoms with Crippen LogP contribution in [0.5, 0.6) is 0 Å². The van der Waals surface area contributed by atoms with Gasteiger partial charge in [0.1, 0.15) is 12.6 Å². The van der Waals surface area contributed by atoms with Gasteiger partial charge in [-0.3, -0.25) is 0 Å². The second-order valence-electron chi connectivity index (χ2n) is 11.1. The number of thioether (sulfide) groups is 1. The molecule has 5 nitrogen and oxygen atoms in total. The Morgan fingerprint density at radius 1 is 0.689 bits per heavy atom. The zero-order valence-electron chi connectivity index (χ0n) is 24.8. The van der Waals surface area contributed by atoms with Gasteiger partial charge in [0.2, 0.25) is 0 Å². The minimum absolute atomic E-state index is 0.0927. The van der Waals surface area contributed by atoms with Crippen molar-refractivity contribution in [3.63, 3.8) is 0 Å². The molecule has 0 fully saturated rings. The number of benzene rings is 5. The molecule has 1 aliphatic carbocycles. The highest BCUT2D eigenvalue weighted by atomic mass is 32.2. The fourth-order valence-corrected chi connectivity index (χ4v) is 7.85. The Labute approximate surface area is 268 Å². The molecule has 5 aromatic rings. The number of hydrogen-bond acceptors (Lipinski definition) is 4. The third-order valence-corrected chi connectivity index (χ3v) is 10.1. The van der Waals surface area contributed by atoms with Gasteiger partial charge in [0.05, 0.1) is 4.75 Å². The number of carboxylic acids is 1. The number of alkyl carbamates (subject to hydrolysis) is 1. The fourth-order valence-electron chi connectivity index (χ4n) is 6.32. The Morgan fingerprint density at radius 2 is 1.13 bits per heavy atom. The Morgan fingerprint density at radius 3 is 1.60 bits per heavy atom. The number of nitrogens with one attached hydrogen (secondary N) is 1.